The van der Waals surface area contributed by atoms with Crippen molar-refractivity contribution in [1.29, 1.82) is 0 Å². The van der Waals surface area contributed by atoms with E-state index in [4.69, 9.17) is 4.42 Å². The maximum absolute atomic E-state index is 11.9. The molecular formula is C13H20N2O2. The normalized spacial score (nSPS) is 20.9. The highest BCUT2D eigenvalue weighted by Crippen LogP contribution is 2.09. The van der Waals surface area contributed by atoms with Crippen LogP contribution < -0.4 is 10.6 Å². The molecule has 1 amide bonds. The number of furan rings is 1. The predicted molar refractivity (Wildman–Crippen MR) is 65.6 cm³/mol. The fourth-order valence-electron chi connectivity index (χ4n) is 2.13. The van der Waals surface area contributed by atoms with Crippen molar-refractivity contribution in [1.82, 2.24) is 10.6 Å². The maximum Gasteiger partial charge on any atom is 0.237 e. The lowest BCUT2D eigenvalue weighted by molar-refractivity contribution is -0.123. The molecule has 1 fully saturated rings. The molecule has 1 aromatic rings. The van der Waals surface area contributed by atoms with Crippen molar-refractivity contribution in [2.24, 2.45) is 0 Å². The molecule has 4 heteroatoms. The van der Waals surface area contributed by atoms with Crippen LogP contribution in [-0.2, 0) is 11.3 Å². The molecule has 1 unspecified atom stereocenters. The lowest BCUT2D eigenvalue weighted by Gasteiger charge is -2.14. The topological polar surface area (TPSA) is 54.3 Å². The Labute approximate surface area is 102 Å². The van der Waals surface area contributed by atoms with Crippen molar-refractivity contribution in [2.75, 3.05) is 6.54 Å². The van der Waals surface area contributed by atoms with E-state index in [1.165, 1.54) is 12.8 Å². The maximum atomic E-state index is 11.9. The molecule has 0 radical (unpaired) electrons. The van der Waals surface area contributed by atoms with Gasteiger partial charge in [-0.15, -0.1) is 0 Å². The van der Waals surface area contributed by atoms with Gasteiger partial charge in [0.1, 0.15) is 11.5 Å². The van der Waals surface area contributed by atoms with Crippen molar-refractivity contribution >= 4 is 5.91 Å². The van der Waals surface area contributed by atoms with E-state index in [9.17, 15) is 4.79 Å². The third-order valence-electron chi connectivity index (χ3n) is 3.11. The van der Waals surface area contributed by atoms with Gasteiger partial charge in [0.05, 0.1) is 12.6 Å². The Kier molecular flexibility index (Phi) is 4.20. The number of hydrogen-bond donors (Lipinski definition) is 2. The van der Waals surface area contributed by atoms with Crippen molar-refractivity contribution in [3.8, 4) is 0 Å². The Bertz CT molecular complexity index is 365. The summed E-state index contributed by atoms with van der Waals surface area (Å²) in [6.07, 6.45) is 4.45. The van der Waals surface area contributed by atoms with Gasteiger partial charge in [-0.3, -0.25) is 4.79 Å². The van der Waals surface area contributed by atoms with E-state index in [1.54, 1.807) is 0 Å². The monoisotopic (exact) mass is 236 g/mol. The summed E-state index contributed by atoms with van der Waals surface area (Å²) in [7, 11) is 0. The Hall–Kier alpha value is -1.29. The van der Waals surface area contributed by atoms with Crippen LogP contribution in [0.5, 0.6) is 0 Å². The van der Waals surface area contributed by atoms with Gasteiger partial charge in [-0.2, -0.15) is 0 Å². The number of amides is 1. The summed E-state index contributed by atoms with van der Waals surface area (Å²) >= 11 is 0. The first-order chi connectivity index (χ1) is 8.25. The first kappa shape index (κ1) is 12.2. The van der Waals surface area contributed by atoms with E-state index in [0.29, 0.717) is 6.54 Å². The molecule has 1 atom stereocenters. The minimum absolute atomic E-state index is 0.0337. The Balaban J connectivity index is 1.79. The molecule has 1 aliphatic heterocycles. The number of hydrogen-bond acceptors (Lipinski definition) is 3. The standard InChI is InChI=1S/C13H20N2O2/c1-10-6-7-11(17-10)9-15-13(16)12-5-3-2-4-8-14-12/h6-7,12,14H,2-5,8-9H2,1H3,(H,15,16). The van der Waals surface area contributed by atoms with Gasteiger partial charge in [0.2, 0.25) is 5.91 Å². The summed E-state index contributed by atoms with van der Waals surface area (Å²) in [4.78, 5) is 11.9. The molecule has 2 N–H and O–H groups in total. The first-order valence-electron chi connectivity index (χ1n) is 6.32. The third-order valence-corrected chi connectivity index (χ3v) is 3.11. The minimum Gasteiger partial charge on any atom is -0.465 e. The molecule has 0 saturated carbocycles. The van der Waals surface area contributed by atoms with E-state index in [2.05, 4.69) is 10.6 Å². The Morgan fingerprint density at radius 3 is 3.12 bits per heavy atom. The third kappa shape index (κ3) is 3.60. The van der Waals surface area contributed by atoms with Crippen LogP contribution in [0.3, 0.4) is 0 Å². The molecular weight excluding hydrogens is 216 g/mol. The molecule has 1 aromatic heterocycles. The number of carbonyl (C=O) groups excluding carboxylic acids is 1. The van der Waals surface area contributed by atoms with Gasteiger partial charge in [0.25, 0.3) is 0 Å². The molecule has 17 heavy (non-hydrogen) atoms. The summed E-state index contributed by atoms with van der Waals surface area (Å²) in [6, 6.07) is 3.77. The van der Waals surface area contributed by atoms with Crippen molar-refractivity contribution < 1.29 is 9.21 Å². The van der Waals surface area contributed by atoms with Gasteiger partial charge in [0.15, 0.2) is 0 Å². The molecule has 94 valence electrons. The molecule has 2 heterocycles. The van der Waals surface area contributed by atoms with Gasteiger partial charge >= 0.3 is 0 Å². The second-order valence-corrected chi connectivity index (χ2v) is 4.59. The highest BCUT2D eigenvalue weighted by molar-refractivity contribution is 5.81. The molecule has 2 rings (SSSR count). The Morgan fingerprint density at radius 2 is 2.35 bits per heavy atom. The largest absolute Gasteiger partial charge is 0.465 e. The van der Waals surface area contributed by atoms with Gasteiger partial charge in [-0.05, 0) is 38.4 Å². The van der Waals surface area contributed by atoms with E-state index < -0.39 is 0 Å². The fraction of sp³-hybridized carbons (Fsp3) is 0.615. The highest BCUT2D eigenvalue weighted by atomic mass is 16.3. The summed E-state index contributed by atoms with van der Waals surface area (Å²) in [5.74, 6) is 1.77. The van der Waals surface area contributed by atoms with E-state index >= 15 is 0 Å². The number of aryl methyl sites for hydroxylation is 1. The summed E-state index contributed by atoms with van der Waals surface area (Å²) in [6.45, 7) is 3.32. The Morgan fingerprint density at radius 1 is 1.47 bits per heavy atom. The van der Waals surface area contributed by atoms with Crippen LogP contribution in [-0.4, -0.2) is 18.5 Å². The molecule has 0 aliphatic carbocycles. The average Bonchev–Trinajstić information content (AvgIpc) is 2.58. The van der Waals surface area contributed by atoms with E-state index in [0.717, 1.165) is 30.9 Å². The van der Waals surface area contributed by atoms with Crippen LogP contribution in [0.4, 0.5) is 0 Å². The summed E-state index contributed by atoms with van der Waals surface area (Å²) < 4.78 is 5.41. The zero-order chi connectivity index (χ0) is 12.1. The predicted octanol–water partition coefficient (Wildman–Crippen LogP) is 1.74. The van der Waals surface area contributed by atoms with Crippen LogP contribution in [0.25, 0.3) is 0 Å². The first-order valence-corrected chi connectivity index (χ1v) is 6.32. The number of nitrogens with one attached hydrogen (secondary N) is 2. The van der Waals surface area contributed by atoms with Crippen LogP contribution in [0, 0.1) is 6.92 Å². The lowest BCUT2D eigenvalue weighted by atomic mass is 10.1. The number of carbonyl (C=O) groups is 1. The van der Waals surface area contributed by atoms with Gasteiger partial charge in [0, 0.05) is 0 Å². The molecule has 4 nitrogen and oxygen atoms in total. The molecule has 0 spiro atoms. The van der Waals surface area contributed by atoms with E-state index in [-0.39, 0.29) is 11.9 Å². The van der Waals surface area contributed by atoms with Gasteiger partial charge < -0.3 is 15.1 Å². The zero-order valence-corrected chi connectivity index (χ0v) is 10.3. The second kappa shape index (κ2) is 5.87. The second-order valence-electron chi connectivity index (χ2n) is 4.59. The van der Waals surface area contributed by atoms with Crippen LogP contribution in [0.2, 0.25) is 0 Å². The highest BCUT2D eigenvalue weighted by Gasteiger charge is 2.19. The minimum atomic E-state index is -0.0337. The van der Waals surface area contributed by atoms with Crippen LogP contribution >= 0.6 is 0 Å². The fourth-order valence-corrected chi connectivity index (χ4v) is 2.13. The van der Waals surface area contributed by atoms with Crippen LogP contribution in [0.1, 0.15) is 37.2 Å². The number of rotatable bonds is 3. The van der Waals surface area contributed by atoms with Gasteiger partial charge in [-0.25, -0.2) is 0 Å². The van der Waals surface area contributed by atoms with Gasteiger partial charge in [-0.1, -0.05) is 12.8 Å². The van der Waals surface area contributed by atoms with Crippen LogP contribution in [0.15, 0.2) is 16.5 Å². The molecule has 0 bridgehead atoms. The average molecular weight is 236 g/mol. The lowest BCUT2D eigenvalue weighted by Crippen LogP contribution is -2.43. The smallest absolute Gasteiger partial charge is 0.237 e. The zero-order valence-electron chi connectivity index (χ0n) is 10.3. The summed E-state index contributed by atoms with van der Waals surface area (Å²) in [5.41, 5.74) is 0. The van der Waals surface area contributed by atoms with Crippen molar-refractivity contribution in [3.05, 3.63) is 23.7 Å². The van der Waals surface area contributed by atoms with E-state index in [1.807, 2.05) is 19.1 Å². The van der Waals surface area contributed by atoms with Crippen molar-refractivity contribution in [3.63, 3.8) is 0 Å². The quantitative estimate of drug-likeness (QED) is 0.840. The van der Waals surface area contributed by atoms with Crippen molar-refractivity contribution in [2.45, 2.75) is 45.2 Å². The SMILES string of the molecule is Cc1ccc(CNC(=O)C2CCCCCN2)o1. The molecule has 1 aliphatic rings. The molecule has 1 saturated heterocycles. The summed E-state index contributed by atoms with van der Waals surface area (Å²) in [5, 5.41) is 6.19. The molecule has 0 aromatic carbocycles.